The number of nitrogens with one attached hydrogen (secondary N) is 1. The fourth-order valence-corrected chi connectivity index (χ4v) is 3.41. The first-order valence-corrected chi connectivity index (χ1v) is 8.35. The van der Waals surface area contributed by atoms with Gasteiger partial charge in [-0.15, -0.1) is 0 Å². The molecule has 0 radical (unpaired) electrons. The lowest BCUT2D eigenvalue weighted by molar-refractivity contribution is -0.131. The third-order valence-corrected chi connectivity index (χ3v) is 4.63. The summed E-state index contributed by atoms with van der Waals surface area (Å²) in [6.45, 7) is 5.04. The predicted molar refractivity (Wildman–Crippen MR) is 93.4 cm³/mol. The van der Waals surface area contributed by atoms with E-state index in [9.17, 15) is 9.59 Å². The molecule has 0 atom stereocenters. The van der Waals surface area contributed by atoms with E-state index < -0.39 is 5.63 Å². The first-order valence-electron chi connectivity index (χ1n) is 8.35. The molecule has 0 bridgehead atoms. The Kier molecular flexibility index (Phi) is 3.67. The normalized spacial score (nSPS) is 13.9. The van der Waals surface area contributed by atoms with Crippen LogP contribution in [0.4, 0.5) is 0 Å². The minimum Gasteiger partial charge on any atom is -0.423 e. The number of carbonyl (C=O) groups excluding carboxylic acids is 1. The molecule has 0 fully saturated rings. The maximum absolute atomic E-state index is 12.8. The van der Waals surface area contributed by atoms with Crippen LogP contribution in [0.5, 0.6) is 0 Å². The van der Waals surface area contributed by atoms with Gasteiger partial charge >= 0.3 is 5.63 Å². The van der Waals surface area contributed by atoms with Crippen molar-refractivity contribution >= 4 is 16.9 Å². The molecule has 3 aromatic rings. The quantitative estimate of drug-likeness (QED) is 0.728. The van der Waals surface area contributed by atoms with Crippen molar-refractivity contribution in [2.45, 2.75) is 33.2 Å². The molecule has 1 aliphatic heterocycles. The number of imidazole rings is 1. The number of nitrogens with zero attached hydrogens (tertiary/aromatic N) is 2. The molecule has 6 heteroatoms. The van der Waals surface area contributed by atoms with Crippen LogP contribution in [0, 0.1) is 13.8 Å². The number of fused-ring (bicyclic) bond motifs is 2. The largest absolute Gasteiger partial charge is 0.423 e. The minimum atomic E-state index is -0.425. The standard InChI is InChI=1S/C19H19N3O3/c1-11-3-4-14-13(9-19(24)25-17(14)7-11)8-18(23)22-6-5-15-16(10-22)21-12(2)20-15/h3-4,7,9H,5-6,8,10H2,1-2H3,(H,20,21). The van der Waals surface area contributed by atoms with E-state index in [1.165, 1.54) is 6.07 Å². The Morgan fingerprint density at radius 1 is 1.32 bits per heavy atom. The lowest BCUT2D eigenvalue weighted by Crippen LogP contribution is -2.37. The second-order valence-electron chi connectivity index (χ2n) is 6.58. The molecule has 3 heterocycles. The first kappa shape index (κ1) is 15.6. The highest BCUT2D eigenvalue weighted by atomic mass is 16.4. The van der Waals surface area contributed by atoms with E-state index in [1.807, 2.05) is 36.9 Å². The van der Waals surface area contributed by atoms with Gasteiger partial charge in [0.25, 0.3) is 0 Å². The Bertz CT molecular complexity index is 1030. The van der Waals surface area contributed by atoms with Crippen LogP contribution in [0.2, 0.25) is 0 Å². The molecule has 25 heavy (non-hydrogen) atoms. The summed E-state index contributed by atoms with van der Waals surface area (Å²) in [5, 5.41) is 0.814. The molecule has 128 valence electrons. The maximum Gasteiger partial charge on any atom is 0.336 e. The van der Waals surface area contributed by atoms with Gasteiger partial charge in [-0.3, -0.25) is 4.79 Å². The van der Waals surface area contributed by atoms with Gasteiger partial charge in [0.15, 0.2) is 0 Å². The molecular weight excluding hydrogens is 318 g/mol. The number of H-pyrrole nitrogens is 1. The fourth-order valence-electron chi connectivity index (χ4n) is 3.41. The molecule has 1 aromatic carbocycles. The highest BCUT2D eigenvalue weighted by molar-refractivity contribution is 5.87. The summed E-state index contributed by atoms with van der Waals surface area (Å²) >= 11 is 0. The number of benzene rings is 1. The predicted octanol–water partition coefficient (Wildman–Crippen LogP) is 2.26. The summed E-state index contributed by atoms with van der Waals surface area (Å²) in [5.41, 5.74) is 3.87. The van der Waals surface area contributed by atoms with Crippen LogP contribution >= 0.6 is 0 Å². The van der Waals surface area contributed by atoms with E-state index in [0.29, 0.717) is 24.2 Å². The van der Waals surface area contributed by atoms with Gasteiger partial charge in [-0.25, -0.2) is 9.78 Å². The fraction of sp³-hybridized carbons (Fsp3) is 0.316. The number of aromatic nitrogens is 2. The van der Waals surface area contributed by atoms with Crippen molar-refractivity contribution in [2.75, 3.05) is 6.54 Å². The average Bonchev–Trinajstić information content (AvgIpc) is 2.93. The minimum absolute atomic E-state index is 0.00498. The van der Waals surface area contributed by atoms with Crippen molar-refractivity contribution in [3.05, 3.63) is 63.0 Å². The molecule has 6 nitrogen and oxygen atoms in total. The van der Waals surface area contributed by atoms with Crippen molar-refractivity contribution in [3.63, 3.8) is 0 Å². The zero-order valence-electron chi connectivity index (χ0n) is 14.3. The van der Waals surface area contributed by atoms with Crippen LogP contribution in [-0.2, 0) is 24.2 Å². The van der Waals surface area contributed by atoms with Crippen molar-refractivity contribution in [1.82, 2.24) is 14.9 Å². The maximum atomic E-state index is 12.8. The van der Waals surface area contributed by atoms with Crippen molar-refractivity contribution in [3.8, 4) is 0 Å². The Morgan fingerprint density at radius 2 is 2.16 bits per heavy atom. The highest BCUT2D eigenvalue weighted by Gasteiger charge is 2.23. The molecule has 0 spiro atoms. The van der Waals surface area contributed by atoms with Crippen LogP contribution < -0.4 is 5.63 Å². The smallest absolute Gasteiger partial charge is 0.336 e. The second kappa shape index (κ2) is 5.88. The monoisotopic (exact) mass is 337 g/mol. The molecule has 0 saturated heterocycles. The highest BCUT2D eigenvalue weighted by Crippen LogP contribution is 2.21. The van der Waals surface area contributed by atoms with Crippen molar-refractivity contribution in [1.29, 1.82) is 0 Å². The van der Waals surface area contributed by atoms with Gasteiger partial charge in [0.1, 0.15) is 11.4 Å². The van der Waals surface area contributed by atoms with Crippen LogP contribution in [0.25, 0.3) is 11.0 Å². The number of hydrogen-bond donors (Lipinski definition) is 1. The summed E-state index contributed by atoms with van der Waals surface area (Å²) < 4.78 is 5.27. The van der Waals surface area contributed by atoms with E-state index >= 15 is 0 Å². The summed E-state index contributed by atoms with van der Waals surface area (Å²) in [6, 6.07) is 7.11. The Hall–Kier alpha value is -2.89. The average molecular weight is 337 g/mol. The van der Waals surface area contributed by atoms with Gasteiger partial charge in [-0.05, 0) is 31.0 Å². The van der Waals surface area contributed by atoms with Crippen LogP contribution in [-0.4, -0.2) is 27.3 Å². The van der Waals surface area contributed by atoms with Gasteiger partial charge < -0.3 is 14.3 Å². The number of aromatic amines is 1. The van der Waals surface area contributed by atoms with E-state index in [1.54, 1.807) is 0 Å². The number of carbonyl (C=O) groups is 1. The van der Waals surface area contributed by atoms with E-state index in [4.69, 9.17) is 4.42 Å². The van der Waals surface area contributed by atoms with Crippen molar-refractivity contribution in [2.24, 2.45) is 0 Å². The van der Waals surface area contributed by atoms with Gasteiger partial charge in [-0.1, -0.05) is 12.1 Å². The summed E-state index contributed by atoms with van der Waals surface area (Å²) in [6.07, 6.45) is 0.940. The molecule has 0 unspecified atom stereocenters. The SMILES string of the molecule is Cc1ccc2c(CC(=O)N3CCc4nc(C)[nH]c4C3)cc(=O)oc2c1. The number of hydrogen-bond acceptors (Lipinski definition) is 4. The molecule has 2 aromatic heterocycles. The summed E-state index contributed by atoms with van der Waals surface area (Å²) in [7, 11) is 0. The molecule has 1 N–H and O–H groups in total. The Balaban J connectivity index is 1.61. The Labute approximate surface area is 144 Å². The van der Waals surface area contributed by atoms with Crippen LogP contribution in [0.1, 0.15) is 28.3 Å². The molecule has 0 aliphatic carbocycles. The number of amides is 1. The number of aryl methyl sites for hydroxylation is 2. The zero-order valence-corrected chi connectivity index (χ0v) is 14.3. The van der Waals surface area contributed by atoms with E-state index in [-0.39, 0.29) is 12.3 Å². The van der Waals surface area contributed by atoms with Crippen LogP contribution in [0.3, 0.4) is 0 Å². The summed E-state index contributed by atoms with van der Waals surface area (Å²) in [5.74, 6) is 0.881. The number of rotatable bonds is 2. The zero-order chi connectivity index (χ0) is 17.6. The first-order chi connectivity index (χ1) is 12.0. The Morgan fingerprint density at radius 3 is 3.00 bits per heavy atom. The molecule has 1 amide bonds. The summed E-state index contributed by atoms with van der Waals surface area (Å²) in [4.78, 5) is 34.1. The lowest BCUT2D eigenvalue weighted by Gasteiger charge is -2.26. The van der Waals surface area contributed by atoms with Gasteiger partial charge in [0, 0.05) is 24.4 Å². The van der Waals surface area contributed by atoms with Gasteiger partial charge in [0.2, 0.25) is 5.91 Å². The van der Waals surface area contributed by atoms with Gasteiger partial charge in [-0.2, -0.15) is 0 Å². The third kappa shape index (κ3) is 2.95. The third-order valence-electron chi connectivity index (χ3n) is 4.63. The van der Waals surface area contributed by atoms with E-state index in [0.717, 1.165) is 34.6 Å². The van der Waals surface area contributed by atoms with Crippen LogP contribution in [0.15, 0.2) is 33.5 Å². The van der Waals surface area contributed by atoms with Gasteiger partial charge in [0.05, 0.1) is 24.4 Å². The molecule has 0 saturated carbocycles. The molecule has 4 rings (SSSR count). The molecule has 1 aliphatic rings. The van der Waals surface area contributed by atoms with E-state index in [2.05, 4.69) is 9.97 Å². The second-order valence-corrected chi connectivity index (χ2v) is 6.58. The lowest BCUT2D eigenvalue weighted by atomic mass is 10.0. The molecular formula is C19H19N3O3. The van der Waals surface area contributed by atoms with Crippen molar-refractivity contribution < 1.29 is 9.21 Å². The topological polar surface area (TPSA) is 79.2 Å².